The number of pyridine rings is 1. The van der Waals surface area contributed by atoms with Gasteiger partial charge in [0, 0.05) is 49.2 Å². The minimum atomic E-state index is -3.84. The SMILES string of the molecule is CN1CCN(C2=C(Nc3ccc(S(=O)(=O)Nc4ccccn4)cc3)C(=O)c3ccccc3C2=O)CC1. The van der Waals surface area contributed by atoms with Gasteiger partial charge in [-0.25, -0.2) is 13.4 Å². The molecule has 2 N–H and O–H groups in total. The highest BCUT2D eigenvalue weighted by atomic mass is 32.2. The van der Waals surface area contributed by atoms with Crippen LogP contribution in [0.5, 0.6) is 0 Å². The van der Waals surface area contributed by atoms with E-state index in [1.165, 1.54) is 18.3 Å². The van der Waals surface area contributed by atoms with Crippen LogP contribution in [0.2, 0.25) is 0 Å². The molecule has 1 aliphatic heterocycles. The number of hydrogen-bond acceptors (Lipinski definition) is 8. The predicted octanol–water partition coefficient (Wildman–Crippen LogP) is 2.83. The quantitative estimate of drug-likeness (QED) is 0.528. The average molecular weight is 504 g/mol. The van der Waals surface area contributed by atoms with Crippen LogP contribution in [0.15, 0.2) is 89.2 Å². The number of carbonyl (C=O) groups is 2. The summed E-state index contributed by atoms with van der Waals surface area (Å²) in [5.41, 5.74) is 1.78. The number of ketones is 2. The Hall–Kier alpha value is -4.02. The molecule has 0 spiro atoms. The van der Waals surface area contributed by atoms with Crippen molar-refractivity contribution in [1.82, 2.24) is 14.8 Å². The van der Waals surface area contributed by atoms with Gasteiger partial charge in [-0.15, -0.1) is 0 Å². The minimum absolute atomic E-state index is 0.0448. The van der Waals surface area contributed by atoms with E-state index in [-0.39, 0.29) is 28.0 Å². The monoisotopic (exact) mass is 503 g/mol. The Bertz CT molecular complexity index is 1450. The Morgan fingerprint density at radius 1 is 0.806 bits per heavy atom. The Balaban J connectivity index is 1.46. The lowest BCUT2D eigenvalue weighted by atomic mass is 9.89. The van der Waals surface area contributed by atoms with Gasteiger partial charge in [-0.05, 0) is 43.4 Å². The van der Waals surface area contributed by atoms with Gasteiger partial charge in [0.25, 0.3) is 10.0 Å². The predicted molar refractivity (Wildman–Crippen MR) is 136 cm³/mol. The van der Waals surface area contributed by atoms with Crippen LogP contribution in [0.4, 0.5) is 11.5 Å². The van der Waals surface area contributed by atoms with Crippen molar-refractivity contribution < 1.29 is 18.0 Å². The number of nitrogens with one attached hydrogen (secondary N) is 2. The van der Waals surface area contributed by atoms with Gasteiger partial charge in [-0.3, -0.25) is 14.3 Å². The Labute approximate surface area is 209 Å². The van der Waals surface area contributed by atoms with Gasteiger partial charge in [0.2, 0.25) is 11.6 Å². The number of hydrogen-bond donors (Lipinski definition) is 2. The zero-order valence-corrected chi connectivity index (χ0v) is 20.5. The molecule has 10 heteroatoms. The highest BCUT2D eigenvalue weighted by Crippen LogP contribution is 2.30. The molecular formula is C26H25N5O4S. The lowest BCUT2D eigenvalue weighted by Crippen LogP contribution is -2.47. The number of anilines is 2. The number of likely N-dealkylation sites (N-methyl/N-ethyl adjacent to an activating group) is 1. The lowest BCUT2D eigenvalue weighted by molar-refractivity contribution is 0.0917. The summed E-state index contributed by atoms with van der Waals surface area (Å²) in [6.45, 7) is 2.79. The molecule has 0 atom stereocenters. The van der Waals surface area contributed by atoms with Crippen molar-refractivity contribution in [2.45, 2.75) is 4.90 Å². The first-order valence-electron chi connectivity index (χ1n) is 11.5. The summed E-state index contributed by atoms with van der Waals surface area (Å²) in [7, 11) is -1.82. The second-order valence-corrected chi connectivity index (χ2v) is 10.4. The van der Waals surface area contributed by atoms with Gasteiger partial charge in [-0.2, -0.15) is 0 Å². The summed E-state index contributed by atoms with van der Waals surface area (Å²) in [6.07, 6.45) is 1.50. The van der Waals surface area contributed by atoms with Gasteiger partial charge in [0.05, 0.1) is 4.90 Å². The van der Waals surface area contributed by atoms with Crippen LogP contribution in [0.1, 0.15) is 20.7 Å². The summed E-state index contributed by atoms with van der Waals surface area (Å²) in [5.74, 6) is -0.254. The normalized spacial score (nSPS) is 16.6. The summed E-state index contributed by atoms with van der Waals surface area (Å²) < 4.78 is 27.9. The van der Waals surface area contributed by atoms with Gasteiger partial charge in [-0.1, -0.05) is 30.3 Å². The van der Waals surface area contributed by atoms with E-state index in [9.17, 15) is 18.0 Å². The third-order valence-electron chi connectivity index (χ3n) is 6.25. The second-order valence-electron chi connectivity index (χ2n) is 8.69. The first kappa shape index (κ1) is 23.7. The highest BCUT2D eigenvalue weighted by molar-refractivity contribution is 7.92. The van der Waals surface area contributed by atoms with Gasteiger partial charge >= 0.3 is 0 Å². The molecule has 1 fully saturated rings. The standard InChI is InChI=1S/C26H25N5O4S/c1-30-14-16-31(17-15-30)24-23(25(32)20-6-2-3-7-21(20)26(24)33)28-18-9-11-19(12-10-18)36(34,35)29-22-8-4-5-13-27-22/h2-13,28H,14-17H2,1H3,(H,27,29). The summed E-state index contributed by atoms with van der Waals surface area (Å²) in [6, 6.07) is 17.8. The molecule has 0 bridgehead atoms. The van der Waals surface area contributed by atoms with E-state index in [0.717, 1.165) is 13.1 Å². The maximum atomic E-state index is 13.5. The molecule has 1 aromatic heterocycles. The number of fused-ring (bicyclic) bond motifs is 1. The highest BCUT2D eigenvalue weighted by Gasteiger charge is 2.36. The molecule has 0 amide bonds. The molecule has 1 aliphatic carbocycles. The molecular weight excluding hydrogens is 478 g/mol. The summed E-state index contributed by atoms with van der Waals surface area (Å²) >= 11 is 0. The second kappa shape index (κ2) is 9.56. The van der Waals surface area contributed by atoms with Crippen molar-refractivity contribution in [3.63, 3.8) is 0 Å². The van der Waals surface area contributed by atoms with E-state index in [1.54, 1.807) is 54.6 Å². The number of allylic oxidation sites excluding steroid dienone is 2. The van der Waals surface area contributed by atoms with E-state index in [1.807, 2.05) is 11.9 Å². The third-order valence-corrected chi connectivity index (χ3v) is 7.62. The molecule has 9 nitrogen and oxygen atoms in total. The zero-order chi connectivity index (χ0) is 25.3. The lowest BCUT2D eigenvalue weighted by Gasteiger charge is -2.37. The first-order valence-corrected chi connectivity index (χ1v) is 13.0. The Morgan fingerprint density at radius 2 is 1.44 bits per heavy atom. The van der Waals surface area contributed by atoms with Crippen molar-refractivity contribution >= 4 is 33.1 Å². The molecule has 2 heterocycles. The maximum Gasteiger partial charge on any atom is 0.263 e. The number of piperazine rings is 1. The molecule has 0 saturated carbocycles. The Kier molecular flexibility index (Phi) is 6.29. The molecule has 36 heavy (non-hydrogen) atoms. The maximum absolute atomic E-state index is 13.5. The van der Waals surface area contributed by atoms with Crippen LogP contribution < -0.4 is 10.0 Å². The van der Waals surface area contributed by atoms with Crippen LogP contribution in [-0.2, 0) is 10.0 Å². The minimum Gasteiger partial charge on any atom is -0.364 e. The number of sulfonamides is 1. The largest absolute Gasteiger partial charge is 0.364 e. The van der Waals surface area contributed by atoms with Gasteiger partial charge < -0.3 is 15.1 Å². The fraction of sp³-hybridized carbons (Fsp3) is 0.192. The Morgan fingerprint density at radius 3 is 2.08 bits per heavy atom. The topological polar surface area (TPSA) is 112 Å². The molecule has 2 aromatic carbocycles. The number of Topliss-reactive ketones (excluding diaryl/α,β-unsaturated/α-hetero) is 2. The van der Waals surface area contributed by atoms with Crippen molar-refractivity contribution in [3.8, 4) is 0 Å². The van der Waals surface area contributed by atoms with E-state index >= 15 is 0 Å². The van der Waals surface area contributed by atoms with E-state index < -0.39 is 10.0 Å². The van der Waals surface area contributed by atoms with Crippen LogP contribution >= 0.6 is 0 Å². The van der Waals surface area contributed by atoms with Crippen molar-refractivity contribution in [3.05, 3.63) is 95.4 Å². The fourth-order valence-electron chi connectivity index (χ4n) is 4.29. The molecule has 0 radical (unpaired) electrons. The molecule has 3 aromatic rings. The average Bonchev–Trinajstić information content (AvgIpc) is 2.89. The first-order chi connectivity index (χ1) is 17.3. The zero-order valence-electron chi connectivity index (χ0n) is 19.6. The summed E-state index contributed by atoms with van der Waals surface area (Å²) in [4.78, 5) is 35.2. The van der Waals surface area contributed by atoms with Crippen molar-refractivity contribution in [2.75, 3.05) is 43.3 Å². The number of rotatable bonds is 6. The summed E-state index contributed by atoms with van der Waals surface area (Å²) in [5, 5.41) is 3.12. The molecule has 1 saturated heterocycles. The molecule has 0 unspecified atom stereocenters. The number of nitrogens with zero attached hydrogens (tertiary/aromatic N) is 3. The van der Waals surface area contributed by atoms with Gasteiger partial charge in [0.15, 0.2) is 0 Å². The molecule has 184 valence electrons. The third kappa shape index (κ3) is 4.60. The number of carbonyl (C=O) groups excluding carboxylic acids is 2. The van der Waals surface area contributed by atoms with E-state index in [2.05, 4.69) is 19.9 Å². The van der Waals surface area contributed by atoms with E-state index in [4.69, 9.17) is 0 Å². The molecule has 2 aliphatic rings. The smallest absolute Gasteiger partial charge is 0.263 e. The van der Waals surface area contributed by atoms with Crippen molar-refractivity contribution in [2.24, 2.45) is 0 Å². The van der Waals surface area contributed by atoms with Crippen molar-refractivity contribution in [1.29, 1.82) is 0 Å². The van der Waals surface area contributed by atoms with Crippen LogP contribution in [0, 0.1) is 0 Å². The number of aromatic nitrogens is 1. The van der Waals surface area contributed by atoms with E-state index in [0.29, 0.717) is 35.6 Å². The van der Waals surface area contributed by atoms with Gasteiger partial charge in [0.1, 0.15) is 17.2 Å². The molecule has 5 rings (SSSR count). The number of benzene rings is 2. The van der Waals surface area contributed by atoms with Crippen LogP contribution in [-0.4, -0.2) is 68.0 Å². The van der Waals surface area contributed by atoms with Crippen LogP contribution in [0.25, 0.3) is 0 Å². The van der Waals surface area contributed by atoms with Crippen LogP contribution in [0.3, 0.4) is 0 Å². The fourth-order valence-corrected chi connectivity index (χ4v) is 5.30.